The van der Waals surface area contributed by atoms with Gasteiger partial charge in [-0.2, -0.15) is 10.2 Å². The second kappa shape index (κ2) is 18.1. The molecule has 18 nitrogen and oxygen atoms in total. The first kappa shape index (κ1) is 42.8. The Morgan fingerprint density at radius 1 is 0.691 bits per heavy atom. The number of azo groups is 2. The molecular weight excluding hydrogens is 759 g/mol. The van der Waals surface area contributed by atoms with Crippen LogP contribution in [0.5, 0.6) is 11.8 Å². The number of aromatic hydroxyl groups is 2. The Balaban J connectivity index is 0.000000240. The zero-order chi connectivity index (χ0) is 39.2. The first-order valence-electron chi connectivity index (χ1n) is 18.4. The summed E-state index contributed by atoms with van der Waals surface area (Å²) in [6.45, 7) is 15.8. The molecule has 0 bridgehead atoms. The summed E-state index contributed by atoms with van der Waals surface area (Å²) in [5.74, 6) is 0.163. The Kier molecular flexibility index (Phi) is 14.1. The Labute approximate surface area is 329 Å². The van der Waals surface area contributed by atoms with Gasteiger partial charge in [-0.25, -0.2) is 19.0 Å². The van der Waals surface area contributed by atoms with Gasteiger partial charge in [0.2, 0.25) is 34.8 Å². The summed E-state index contributed by atoms with van der Waals surface area (Å²) in [4.78, 5) is 24.5. The normalized spacial score (nSPS) is 15.4. The summed E-state index contributed by atoms with van der Waals surface area (Å²) >= 11 is 0. The molecule has 0 spiro atoms. The van der Waals surface area contributed by atoms with Gasteiger partial charge >= 0.3 is 11.9 Å². The van der Waals surface area contributed by atoms with Gasteiger partial charge in [0.25, 0.3) is 0 Å². The third kappa shape index (κ3) is 10.2. The zero-order valence-electron chi connectivity index (χ0n) is 32.5. The van der Waals surface area contributed by atoms with E-state index in [1.54, 1.807) is 26.0 Å². The SMILES string of the molecule is CCOC(=O)c1nn(C2CCCC2)c(O)c1N=Nc1cc(C(C)(C)C)on1.CCOC(=O)c1nn(C2CCCC2)c(O)c1N=Nc1cc(C(C)(C)C)on1.[Ni]. The number of rotatable bonds is 10. The topological polar surface area (TPSA) is 230 Å². The summed E-state index contributed by atoms with van der Waals surface area (Å²) in [5, 5.41) is 53.5. The van der Waals surface area contributed by atoms with Gasteiger partial charge < -0.3 is 28.7 Å². The van der Waals surface area contributed by atoms with Crippen molar-refractivity contribution >= 4 is 34.9 Å². The van der Waals surface area contributed by atoms with Gasteiger partial charge in [-0.15, -0.1) is 20.5 Å². The molecule has 2 aliphatic rings. The van der Waals surface area contributed by atoms with Crippen LogP contribution in [-0.2, 0) is 36.8 Å². The molecule has 2 aliphatic carbocycles. The van der Waals surface area contributed by atoms with E-state index < -0.39 is 11.9 Å². The number of ether oxygens (including phenoxy) is 2. The molecule has 0 saturated heterocycles. The van der Waals surface area contributed by atoms with E-state index in [-0.39, 0.29) is 98.8 Å². The number of carbonyl (C=O) groups is 2. The molecule has 0 amide bonds. The molecule has 0 unspecified atom stereocenters. The average Bonchev–Trinajstić information content (AvgIpc) is 3.95. The van der Waals surface area contributed by atoms with Gasteiger partial charge in [-0.05, 0) is 39.5 Å². The van der Waals surface area contributed by atoms with Crippen molar-refractivity contribution in [2.75, 3.05) is 13.2 Å². The van der Waals surface area contributed by atoms with Gasteiger partial charge in [0.15, 0.2) is 11.4 Å². The van der Waals surface area contributed by atoms with E-state index in [9.17, 15) is 19.8 Å². The molecular formula is C36H50N10NiO8. The molecule has 2 fully saturated rings. The van der Waals surface area contributed by atoms with Crippen molar-refractivity contribution < 1.29 is 54.8 Å². The second-order valence-corrected chi connectivity index (χ2v) is 15.2. The fourth-order valence-corrected chi connectivity index (χ4v) is 6.03. The van der Waals surface area contributed by atoms with E-state index in [2.05, 4.69) is 41.0 Å². The molecule has 0 aliphatic heterocycles. The molecule has 55 heavy (non-hydrogen) atoms. The molecule has 2 N–H and O–H groups in total. The number of hydrogen-bond donors (Lipinski definition) is 2. The molecule has 19 heteroatoms. The van der Waals surface area contributed by atoms with Crippen LogP contribution in [0.3, 0.4) is 0 Å². The van der Waals surface area contributed by atoms with Crippen LogP contribution in [0.4, 0.5) is 23.0 Å². The molecule has 0 aromatic carbocycles. The van der Waals surface area contributed by atoms with Crippen molar-refractivity contribution in [3.63, 3.8) is 0 Å². The Morgan fingerprint density at radius 3 is 1.33 bits per heavy atom. The van der Waals surface area contributed by atoms with Crippen LogP contribution >= 0.6 is 0 Å². The predicted molar refractivity (Wildman–Crippen MR) is 193 cm³/mol. The summed E-state index contributed by atoms with van der Waals surface area (Å²) in [5.41, 5.74) is -0.561. The number of carbonyl (C=O) groups excluding carboxylic acids is 2. The van der Waals surface area contributed by atoms with Crippen LogP contribution < -0.4 is 0 Å². The van der Waals surface area contributed by atoms with Crippen LogP contribution in [0.15, 0.2) is 41.6 Å². The van der Waals surface area contributed by atoms with Gasteiger partial charge in [-0.3, -0.25) is 0 Å². The average molecular weight is 810 g/mol. The van der Waals surface area contributed by atoms with Crippen LogP contribution in [-0.4, -0.2) is 65.2 Å². The summed E-state index contributed by atoms with van der Waals surface area (Å²) < 4.78 is 23.5. The molecule has 0 atom stereocenters. The largest absolute Gasteiger partial charge is 0.492 e. The number of hydrogen-bond acceptors (Lipinski definition) is 16. The molecule has 4 aromatic rings. The van der Waals surface area contributed by atoms with Crippen molar-refractivity contribution in [3.05, 3.63) is 35.0 Å². The van der Waals surface area contributed by atoms with E-state index in [1.807, 2.05) is 41.5 Å². The van der Waals surface area contributed by atoms with Gasteiger partial charge in [0.1, 0.15) is 11.5 Å². The number of esters is 2. The van der Waals surface area contributed by atoms with E-state index >= 15 is 0 Å². The van der Waals surface area contributed by atoms with E-state index in [4.69, 9.17) is 18.5 Å². The van der Waals surface area contributed by atoms with Gasteiger partial charge in [0.05, 0.1) is 25.3 Å². The maximum Gasteiger partial charge on any atom is 0.361 e. The first-order valence-corrected chi connectivity index (χ1v) is 18.4. The second-order valence-electron chi connectivity index (χ2n) is 15.2. The van der Waals surface area contributed by atoms with Crippen LogP contribution in [0.2, 0.25) is 0 Å². The quantitative estimate of drug-likeness (QED) is 0.0867. The van der Waals surface area contributed by atoms with Gasteiger partial charge in [-0.1, -0.05) is 77.5 Å². The van der Waals surface area contributed by atoms with Crippen molar-refractivity contribution in [2.45, 2.75) is 130 Å². The molecule has 4 aromatic heterocycles. The van der Waals surface area contributed by atoms with Gasteiger partial charge in [0, 0.05) is 39.5 Å². The van der Waals surface area contributed by atoms with Crippen molar-refractivity contribution in [1.29, 1.82) is 0 Å². The minimum absolute atomic E-state index is 0. The van der Waals surface area contributed by atoms with Crippen LogP contribution in [0.25, 0.3) is 0 Å². The summed E-state index contributed by atoms with van der Waals surface area (Å²) in [6.07, 6.45) is 7.82. The van der Waals surface area contributed by atoms with Crippen LogP contribution in [0.1, 0.15) is 151 Å². The molecule has 0 radical (unpaired) electrons. The predicted octanol–water partition coefficient (Wildman–Crippen LogP) is 9.16. The fraction of sp³-hybridized carbons (Fsp3) is 0.611. The fourth-order valence-electron chi connectivity index (χ4n) is 6.03. The third-order valence-corrected chi connectivity index (χ3v) is 8.98. The molecule has 302 valence electrons. The van der Waals surface area contributed by atoms with Crippen molar-refractivity contribution in [1.82, 2.24) is 29.9 Å². The number of aromatic nitrogens is 6. The smallest absolute Gasteiger partial charge is 0.361 e. The van der Waals surface area contributed by atoms with E-state index in [1.165, 1.54) is 9.36 Å². The van der Waals surface area contributed by atoms with E-state index in [0.29, 0.717) is 11.5 Å². The van der Waals surface area contributed by atoms with Crippen LogP contribution in [0, 0.1) is 0 Å². The maximum absolute atomic E-state index is 12.2. The minimum Gasteiger partial charge on any atom is -0.492 e. The first-order chi connectivity index (χ1) is 25.6. The summed E-state index contributed by atoms with van der Waals surface area (Å²) in [7, 11) is 0. The monoisotopic (exact) mass is 808 g/mol. The number of nitrogens with zero attached hydrogens (tertiary/aromatic N) is 10. The zero-order valence-corrected chi connectivity index (χ0v) is 33.5. The molecule has 2 saturated carbocycles. The standard InChI is InChI=1S/2C18H25N5O4.Ni/c2*1-5-26-17(25)15-14(16(24)23(21-15)11-8-6-7-9-11)20-19-13-10-12(27-22-13)18(2,3)4;/h2*10-11,24H,5-9H2,1-4H3;. The van der Waals surface area contributed by atoms with E-state index in [0.717, 1.165) is 51.4 Å². The summed E-state index contributed by atoms with van der Waals surface area (Å²) in [6, 6.07) is 3.43. The van der Waals surface area contributed by atoms with Crippen molar-refractivity contribution in [3.8, 4) is 11.8 Å². The molecule has 4 heterocycles. The van der Waals surface area contributed by atoms with Crippen molar-refractivity contribution in [2.24, 2.45) is 20.5 Å². The Hall–Kier alpha value is -4.93. The maximum atomic E-state index is 12.2. The Bertz CT molecular complexity index is 1830. The Morgan fingerprint density at radius 2 is 1.04 bits per heavy atom. The third-order valence-electron chi connectivity index (χ3n) is 8.98. The molecule has 6 rings (SSSR count). The minimum atomic E-state index is -0.644.